The van der Waals surface area contributed by atoms with E-state index in [0.717, 1.165) is 76.8 Å². The summed E-state index contributed by atoms with van der Waals surface area (Å²) in [7, 11) is 0. The van der Waals surface area contributed by atoms with Crippen LogP contribution in [0, 0.1) is 0 Å². The van der Waals surface area contributed by atoms with Crippen LogP contribution in [0.2, 0.25) is 0 Å². The summed E-state index contributed by atoms with van der Waals surface area (Å²) in [5.41, 5.74) is 19.0. The normalized spacial score (nSPS) is 15.9. The predicted octanol–water partition coefficient (Wildman–Crippen LogP) is 19.2. The van der Waals surface area contributed by atoms with E-state index in [1.807, 2.05) is 48.5 Å². The molecule has 12 aromatic rings. The van der Waals surface area contributed by atoms with Gasteiger partial charge in [0.15, 0.2) is 0 Å². The van der Waals surface area contributed by atoms with Crippen LogP contribution in [0.3, 0.4) is 0 Å². The summed E-state index contributed by atoms with van der Waals surface area (Å²) >= 11 is 0. The third kappa shape index (κ3) is 5.96. The Bertz CT molecular complexity index is 4330. The second-order valence-corrected chi connectivity index (χ2v) is 20.0. The molecular formula is C70H50. The summed E-state index contributed by atoms with van der Waals surface area (Å²) < 4.78 is 85.4. The number of hydrogen-bond donors (Lipinski definition) is 0. The van der Waals surface area contributed by atoms with Crippen LogP contribution in [0.5, 0.6) is 0 Å². The highest BCUT2D eigenvalue weighted by Gasteiger charge is 2.37. The molecule has 0 amide bonds. The monoisotopic (exact) mass is 900 g/mol. The Morgan fingerprint density at radius 2 is 0.571 bits per heavy atom. The van der Waals surface area contributed by atoms with Crippen molar-refractivity contribution in [3.05, 3.63) is 253 Å². The lowest BCUT2D eigenvalue weighted by Crippen LogP contribution is -2.14. The highest BCUT2D eigenvalue weighted by molar-refractivity contribution is 6.32. The molecule has 0 unspecified atom stereocenters. The van der Waals surface area contributed by atoms with E-state index in [0.29, 0.717) is 11.1 Å². The van der Waals surface area contributed by atoms with E-state index in [4.69, 9.17) is 13.7 Å². The van der Waals surface area contributed by atoms with Gasteiger partial charge in [-0.2, -0.15) is 0 Å². The number of benzene rings is 12. The molecule has 0 radical (unpaired) electrons. The zero-order chi connectivity index (χ0) is 55.6. The fraction of sp³-hybridized carbons (Fsp3) is 0.0857. The molecule has 0 saturated heterocycles. The van der Waals surface area contributed by atoms with Crippen molar-refractivity contribution in [2.45, 2.75) is 38.5 Å². The van der Waals surface area contributed by atoms with Gasteiger partial charge in [0.05, 0.1) is 13.7 Å². The largest absolute Gasteiger partial charge is 0.0629 e. The number of hydrogen-bond acceptors (Lipinski definition) is 0. The van der Waals surface area contributed by atoms with Gasteiger partial charge in [-0.05, 0) is 168 Å². The quantitative estimate of drug-likeness (QED) is 0.146. The first kappa shape index (κ1) is 31.7. The van der Waals surface area contributed by atoms with Crippen LogP contribution >= 0.6 is 0 Å². The van der Waals surface area contributed by atoms with Crippen LogP contribution < -0.4 is 0 Å². The highest BCUT2D eigenvalue weighted by atomic mass is 14.4. The van der Waals surface area contributed by atoms with Gasteiger partial charge in [0, 0.05) is 10.8 Å². The molecule has 70 heavy (non-hydrogen) atoms. The van der Waals surface area contributed by atoms with E-state index >= 15 is 0 Å². The van der Waals surface area contributed by atoms with Gasteiger partial charge >= 0.3 is 0 Å². The van der Waals surface area contributed by atoms with E-state index in [1.165, 1.54) is 44.5 Å². The lowest BCUT2D eigenvalue weighted by atomic mass is 9.80. The van der Waals surface area contributed by atoms with E-state index < -0.39 is 12.1 Å². The molecule has 0 nitrogen and oxygen atoms in total. The number of fused-ring (bicyclic) bond motifs is 6. The molecule has 0 spiro atoms. The zero-order valence-electron chi connectivity index (χ0n) is 49.2. The first-order valence-electron chi connectivity index (χ1n) is 29.0. The summed E-state index contributed by atoms with van der Waals surface area (Å²) in [6.45, 7) is 9.16. The Morgan fingerprint density at radius 1 is 0.257 bits per heavy atom. The molecule has 0 saturated carbocycles. The molecule has 0 N–H and O–H groups in total. The van der Waals surface area contributed by atoms with E-state index in [2.05, 4.69) is 149 Å². The van der Waals surface area contributed by atoms with Crippen LogP contribution in [0.1, 0.15) is 63.7 Å². The van der Waals surface area contributed by atoms with Gasteiger partial charge < -0.3 is 0 Å². The van der Waals surface area contributed by atoms with Crippen molar-refractivity contribution in [3.8, 4) is 89.0 Å². The molecule has 0 heteroatoms. The van der Waals surface area contributed by atoms with E-state index in [1.54, 1.807) is 0 Å². The molecule has 0 atom stereocenters. The lowest BCUT2D eigenvalue weighted by molar-refractivity contribution is 0.660. The van der Waals surface area contributed by atoms with Gasteiger partial charge in [-0.25, -0.2) is 0 Å². The lowest BCUT2D eigenvalue weighted by Gasteiger charge is -2.23. The summed E-state index contributed by atoms with van der Waals surface area (Å²) in [6, 6.07) is 56.7. The minimum Gasteiger partial charge on any atom is -0.0622 e. The van der Waals surface area contributed by atoms with Crippen LogP contribution in [-0.4, -0.2) is 0 Å². The molecule has 0 aliphatic heterocycles. The maximum absolute atomic E-state index is 8.79. The van der Waals surface area contributed by atoms with Gasteiger partial charge in [0.2, 0.25) is 0 Å². The molecule has 14 rings (SSSR count). The molecule has 0 aromatic heterocycles. The summed E-state index contributed by atoms with van der Waals surface area (Å²) in [5, 5.41) is 6.35. The standard InChI is InChI=1S/C70H50/c1-69(2)63-21-13-11-19-51(63)61-39-49(31-37-65(61)69)59-41-57(47-27-23-45(24-28-47)43-15-7-5-8-16-43)53-34-36-56-60(50-32-38-66-62(40-50)52-20-12-14-22-64(52)70(66,3)4)42-58(54-33-35-55(59)67(53)68(54)56)48-29-25-46(26-30-48)44-17-9-6-10-18-44/h5-42H,1-4H3/i5D,6D,7D,8D,9D,10D,15D,16D,17D,18D. The SMILES string of the molecule is [2H]c1c([2H])c([2H])c(-c2ccc(-c3cc(-c4ccc5c(c4)-c4ccccc4C5(C)C)c4ccc5c(-c6ccc(-c7c([2H])c([2H])c([2H])c([2H])c7[2H])cc6)cc(-c6ccc7c(c6)-c6ccccc6C7(C)C)c6ccc3c4c56)cc2)c([2H])c1[2H]. The van der Waals surface area contributed by atoms with Crippen molar-refractivity contribution < 1.29 is 13.7 Å². The van der Waals surface area contributed by atoms with Crippen molar-refractivity contribution >= 4 is 32.3 Å². The van der Waals surface area contributed by atoms with Crippen LogP contribution in [0.25, 0.3) is 121 Å². The van der Waals surface area contributed by atoms with Crippen molar-refractivity contribution in [1.82, 2.24) is 0 Å². The fourth-order valence-corrected chi connectivity index (χ4v) is 12.1. The van der Waals surface area contributed by atoms with Crippen molar-refractivity contribution in [1.29, 1.82) is 0 Å². The third-order valence-electron chi connectivity index (χ3n) is 15.7. The van der Waals surface area contributed by atoms with Crippen LogP contribution in [-0.2, 0) is 10.8 Å². The molecule has 330 valence electrons. The summed E-state index contributed by atoms with van der Waals surface area (Å²) in [4.78, 5) is 0. The zero-order valence-corrected chi connectivity index (χ0v) is 39.2. The first-order valence-corrected chi connectivity index (χ1v) is 24.0. The maximum Gasteiger partial charge on any atom is 0.0629 e. The third-order valence-corrected chi connectivity index (χ3v) is 15.7. The summed E-state index contributed by atoms with van der Waals surface area (Å²) in [5.74, 6) is 0. The Labute approximate surface area is 424 Å². The van der Waals surface area contributed by atoms with Gasteiger partial charge in [-0.1, -0.05) is 234 Å². The Morgan fingerprint density at radius 3 is 0.957 bits per heavy atom. The molecule has 2 aliphatic carbocycles. The van der Waals surface area contributed by atoms with Gasteiger partial charge in [0.25, 0.3) is 0 Å². The molecule has 0 heterocycles. The minimum absolute atomic E-state index is 0.153. The van der Waals surface area contributed by atoms with Crippen molar-refractivity contribution in [3.63, 3.8) is 0 Å². The van der Waals surface area contributed by atoms with Crippen LogP contribution in [0.4, 0.5) is 0 Å². The highest BCUT2D eigenvalue weighted by Crippen LogP contribution is 2.54. The van der Waals surface area contributed by atoms with Gasteiger partial charge in [0.1, 0.15) is 0 Å². The Hall–Kier alpha value is -8.32. The number of rotatable bonds is 6. The fourth-order valence-electron chi connectivity index (χ4n) is 12.1. The van der Waals surface area contributed by atoms with Crippen molar-refractivity contribution in [2.24, 2.45) is 0 Å². The van der Waals surface area contributed by atoms with Crippen LogP contribution in [0.15, 0.2) is 230 Å². The Balaban J connectivity index is 1.06. The van der Waals surface area contributed by atoms with E-state index in [-0.39, 0.29) is 70.3 Å². The predicted molar refractivity (Wildman–Crippen MR) is 298 cm³/mol. The molecule has 0 fully saturated rings. The average molecular weight is 901 g/mol. The molecule has 0 bridgehead atoms. The Kier molecular flexibility index (Phi) is 6.83. The second kappa shape index (κ2) is 15.1. The summed E-state index contributed by atoms with van der Waals surface area (Å²) in [6.07, 6.45) is 0. The maximum atomic E-state index is 8.79. The molecular weight excluding hydrogens is 841 g/mol. The molecule has 2 aliphatic rings. The van der Waals surface area contributed by atoms with Gasteiger partial charge in [-0.3, -0.25) is 0 Å². The smallest absolute Gasteiger partial charge is 0.0622 e. The van der Waals surface area contributed by atoms with E-state index in [9.17, 15) is 0 Å². The van der Waals surface area contributed by atoms with Crippen molar-refractivity contribution in [2.75, 3.05) is 0 Å². The minimum atomic E-state index is -0.428. The average Bonchev–Trinajstić information content (AvgIpc) is 3.87. The molecule has 12 aromatic carbocycles. The first-order chi connectivity index (χ1) is 38.4. The second-order valence-electron chi connectivity index (χ2n) is 20.0. The topological polar surface area (TPSA) is 0 Å². The van der Waals surface area contributed by atoms with Gasteiger partial charge in [-0.15, -0.1) is 0 Å².